The third kappa shape index (κ3) is 5.52. The summed E-state index contributed by atoms with van der Waals surface area (Å²) < 4.78 is 5.14. The minimum Gasteiger partial charge on any atom is -0.497 e. The van der Waals surface area contributed by atoms with E-state index in [1.807, 2.05) is 24.3 Å². The topological polar surface area (TPSA) is 78.9 Å². The molecule has 0 spiro atoms. The van der Waals surface area contributed by atoms with Crippen molar-refractivity contribution in [2.75, 3.05) is 13.7 Å². The molecule has 0 saturated heterocycles. The molecule has 0 unspecified atom stereocenters. The van der Waals surface area contributed by atoms with Crippen molar-refractivity contribution in [1.82, 2.24) is 10.2 Å². The minimum atomic E-state index is -0.738. The number of nitrogens with zero attached hydrogens (tertiary/aromatic N) is 1. The zero-order valence-electron chi connectivity index (χ0n) is 14.6. The summed E-state index contributed by atoms with van der Waals surface area (Å²) in [6, 6.07) is 7.49. The molecule has 1 saturated carbocycles. The Hall–Kier alpha value is -2.50. The van der Waals surface area contributed by atoms with Crippen LogP contribution in [0.4, 0.5) is 4.79 Å². The number of methoxy groups -OCH3 is 1. The normalized spacial score (nSPS) is 19.7. The number of hydrogen-bond acceptors (Lipinski definition) is 3. The van der Waals surface area contributed by atoms with Crippen LogP contribution in [0.25, 0.3) is 0 Å². The molecule has 2 N–H and O–H groups in total. The van der Waals surface area contributed by atoms with Crippen LogP contribution in [-0.2, 0) is 11.3 Å². The first-order valence-corrected chi connectivity index (χ1v) is 8.55. The van der Waals surface area contributed by atoms with Crippen molar-refractivity contribution in [1.29, 1.82) is 0 Å². The van der Waals surface area contributed by atoms with Gasteiger partial charge in [-0.1, -0.05) is 18.2 Å². The molecule has 1 aromatic rings. The predicted molar refractivity (Wildman–Crippen MR) is 95.5 cm³/mol. The summed E-state index contributed by atoms with van der Waals surface area (Å²) in [7, 11) is 1.62. The maximum Gasteiger partial charge on any atom is 0.318 e. The number of carbonyl (C=O) groups excluding carboxylic acids is 1. The molecule has 0 aromatic heterocycles. The number of carbonyl (C=O) groups is 2. The van der Waals surface area contributed by atoms with E-state index in [9.17, 15) is 9.59 Å². The zero-order valence-corrected chi connectivity index (χ0v) is 14.6. The summed E-state index contributed by atoms with van der Waals surface area (Å²) in [5.41, 5.74) is 1.01. The molecule has 0 aliphatic heterocycles. The summed E-state index contributed by atoms with van der Waals surface area (Å²) in [5, 5.41) is 12.1. The fourth-order valence-corrected chi connectivity index (χ4v) is 3.08. The van der Waals surface area contributed by atoms with Gasteiger partial charge in [-0.2, -0.15) is 0 Å². The van der Waals surface area contributed by atoms with Crippen molar-refractivity contribution in [3.63, 3.8) is 0 Å². The van der Waals surface area contributed by atoms with Gasteiger partial charge in [-0.3, -0.25) is 4.79 Å². The van der Waals surface area contributed by atoms with Crippen LogP contribution in [0.2, 0.25) is 0 Å². The van der Waals surface area contributed by atoms with E-state index in [2.05, 4.69) is 11.9 Å². The van der Waals surface area contributed by atoms with Crippen molar-refractivity contribution in [3.05, 3.63) is 42.5 Å². The van der Waals surface area contributed by atoms with Gasteiger partial charge in [-0.15, -0.1) is 6.58 Å². The Labute approximate surface area is 148 Å². The minimum absolute atomic E-state index is 0.0336. The monoisotopic (exact) mass is 346 g/mol. The van der Waals surface area contributed by atoms with E-state index < -0.39 is 5.97 Å². The van der Waals surface area contributed by atoms with Gasteiger partial charge < -0.3 is 20.1 Å². The van der Waals surface area contributed by atoms with Gasteiger partial charge in [0.25, 0.3) is 0 Å². The second-order valence-corrected chi connectivity index (χ2v) is 6.35. The van der Waals surface area contributed by atoms with E-state index >= 15 is 0 Å². The Morgan fingerprint density at radius 1 is 1.28 bits per heavy atom. The molecule has 136 valence electrons. The Morgan fingerprint density at radius 3 is 2.44 bits per heavy atom. The van der Waals surface area contributed by atoms with Crippen molar-refractivity contribution in [2.24, 2.45) is 5.92 Å². The molecule has 25 heavy (non-hydrogen) atoms. The van der Waals surface area contributed by atoms with Crippen LogP contribution in [-0.4, -0.2) is 41.7 Å². The van der Waals surface area contributed by atoms with Crippen molar-refractivity contribution in [2.45, 2.75) is 38.3 Å². The number of urea groups is 1. The lowest BCUT2D eigenvalue weighted by Gasteiger charge is -2.30. The molecular weight excluding hydrogens is 320 g/mol. The number of rotatable bonds is 7. The van der Waals surface area contributed by atoms with Crippen LogP contribution in [0.15, 0.2) is 36.9 Å². The largest absolute Gasteiger partial charge is 0.497 e. The Bertz CT molecular complexity index is 592. The predicted octanol–water partition coefficient (Wildman–Crippen LogP) is 3.04. The number of carboxylic acid groups (broad SMARTS) is 1. The number of amides is 2. The number of carboxylic acids is 1. The molecule has 1 fully saturated rings. The lowest BCUT2D eigenvalue weighted by Crippen LogP contribution is -2.46. The molecule has 0 radical (unpaired) electrons. The van der Waals surface area contributed by atoms with Crippen molar-refractivity contribution in [3.8, 4) is 5.75 Å². The van der Waals surface area contributed by atoms with E-state index in [0.29, 0.717) is 38.8 Å². The van der Waals surface area contributed by atoms with Crippen LogP contribution < -0.4 is 10.1 Å². The number of benzene rings is 1. The first kappa shape index (κ1) is 18.8. The highest BCUT2D eigenvalue weighted by atomic mass is 16.5. The maximum atomic E-state index is 12.6. The average Bonchev–Trinajstić information content (AvgIpc) is 2.62. The van der Waals surface area contributed by atoms with Crippen LogP contribution >= 0.6 is 0 Å². The molecule has 1 aromatic carbocycles. The van der Waals surface area contributed by atoms with Gasteiger partial charge in [0.05, 0.1) is 13.0 Å². The van der Waals surface area contributed by atoms with Gasteiger partial charge in [-0.25, -0.2) is 4.79 Å². The van der Waals surface area contributed by atoms with Gasteiger partial charge in [0.1, 0.15) is 5.75 Å². The quantitative estimate of drug-likeness (QED) is 0.744. The Balaban J connectivity index is 1.91. The lowest BCUT2D eigenvalue weighted by molar-refractivity contribution is -0.142. The molecular formula is C19H26N2O4. The molecule has 0 bridgehead atoms. The summed E-state index contributed by atoms with van der Waals surface area (Å²) >= 11 is 0. The molecule has 0 heterocycles. The number of ether oxygens (including phenoxy) is 1. The maximum absolute atomic E-state index is 12.6. The number of hydrogen-bond donors (Lipinski definition) is 2. The van der Waals surface area contributed by atoms with E-state index in [1.165, 1.54) is 0 Å². The van der Waals surface area contributed by atoms with E-state index in [0.717, 1.165) is 11.3 Å². The highest BCUT2D eigenvalue weighted by molar-refractivity contribution is 5.75. The molecule has 2 rings (SSSR count). The zero-order chi connectivity index (χ0) is 18.2. The summed E-state index contributed by atoms with van der Waals surface area (Å²) in [5.74, 6) is -0.243. The summed E-state index contributed by atoms with van der Waals surface area (Å²) in [6.07, 6.45) is 4.32. The van der Waals surface area contributed by atoms with Crippen LogP contribution in [0.1, 0.15) is 31.2 Å². The SMILES string of the molecule is C=CCN(Cc1ccc(OC)cc1)C(=O)NC1CCC(C(=O)O)CC1. The average molecular weight is 346 g/mol. The first-order valence-electron chi connectivity index (χ1n) is 8.55. The van der Waals surface area contributed by atoms with Gasteiger partial charge >= 0.3 is 12.0 Å². The number of aliphatic carboxylic acids is 1. The third-order valence-electron chi connectivity index (χ3n) is 4.57. The van der Waals surface area contributed by atoms with Crippen LogP contribution in [0.3, 0.4) is 0 Å². The molecule has 2 amide bonds. The Kier molecular flexibility index (Phi) is 6.86. The highest BCUT2D eigenvalue weighted by Gasteiger charge is 2.27. The van der Waals surface area contributed by atoms with Crippen molar-refractivity contribution < 1.29 is 19.4 Å². The summed E-state index contributed by atoms with van der Waals surface area (Å²) in [4.78, 5) is 25.3. The number of nitrogens with one attached hydrogen (secondary N) is 1. The molecule has 1 aliphatic carbocycles. The van der Waals surface area contributed by atoms with Gasteiger partial charge in [-0.05, 0) is 43.4 Å². The van der Waals surface area contributed by atoms with Crippen molar-refractivity contribution >= 4 is 12.0 Å². The fraction of sp³-hybridized carbons (Fsp3) is 0.474. The van der Waals surface area contributed by atoms with Gasteiger partial charge in [0.2, 0.25) is 0 Å². The molecule has 6 heteroatoms. The lowest BCUT2D eigenvalue weighted by atomic mass is 9.86. The van der Waals surface area contributed by atoms with E-state index in [-0.39, 0.29) is 18.0 Å². The second kappa shape index (κ2) is 9.11. The van der Waals surface area contributed by atoms with E-state index in [4.69, 9.17) is 9.84 Å². The first-order chi connectivity index (χ1) is 12.0. The fourth-order valence-electron chi connectivity index (χ4n) is 3.08. The van der Waals surface area contributed by atoms with Gasteiger partial charge in [0.15, 0.2) is 0 Å². The molecule has 1 aliphatic rings. The molecule has 0 atom stereocenters. The standard InChI is InChI=1S/C19H26N2O4/c1-3-12-21(13-14-4-10-17(25-2)11-5-14)19(24)20-16-8-6-15(7-9-16)18(22)23/h3-5,10-11,15-16H,1,6-9,12-13H2,2H3,(H,20,24)(H,22,23). The summed E-state index contributed by atoms with van der Waals surface area (Å²) in [6.45, 7) is 4.65. The van der Waals surface area contributed by atoms with Crippen LogP contribution in [0.5, 0.6) is 5.75 Å². The van der Waals surface area contributed by atoms with E-state index in [1.54, 1.807) is 18.1 Å². The van der Waals surface area contributed by atoms with Crippen LogP contribution in [0, 0.1) is 5.92 Å². The Morgan fingerprint density at radius 2 is 1.92 bits per heavy atom. The smallest absolute Gasteiger partial charge is 0.318 e. The third-order valence-corrected chi connectivity index (χ3v) is 4.57. The van der Waals surface area contributed by atoms with Gasteiger partial charge in [0, 0.05) is 19.1 Å². The second-order valence-electron chi connectivity index (χ2n) is 6.35. The molecule has 6 nitrogen and oxygen atoms in total. The highest BCUT2D eigenvalue weighted by Crippen LogP contribution is 2.24.